The molecule has 0 aromatic carbocycles. The minimum absolute atomic E-state index is 0.0117. The second kappa shape index (κ2) is 5.42. The van der Waals surface area contributed by atoms with Crippen LogP contribution in [-0.2, 0) is 17.8 Å². The molecule has 0 saturated heterocycles. The number of hydrogen-bond acceptors (Lipinski definition) is 4. The van der Waals surface area contributed by atoms with Gasteiger partial charge in [-0.3, -0.25) is 4.79 Å². The van der Waals surface area contributed by atoms with Crippen molar-refractivity contribution in [3.63, 3.8) is 0 Å². The van der Waals surface area contributed by atoms with Crippen molar-refractivity contribution in [2.24, 2.45) is 0 Å². The number of rotatable bonds is 2. The number of amides is 1. The Hall–Kier alpha value is -2.21. The highest BCUT2D eigenvalue weighted by molar-refractivity contribution is 5.93. The van der Waals surface area contributed by atoms with Crippen molar-refractivity contribution in [1.82, 2.24) is 19.7 Å². The van der Waals surface area contributed by atoms with E-state index in [1.165, 1.54) is 12.4 Å². The Labute approximate surface area is 117 Å². The lowest BCUT2D eigenvalue weighted by molar-refractivity contribution is 0.0458. The van der Waals surface area contributed by atoms with Gasteiger partial charge < -0.3 is 14.2 Å². The summed E-state index contributed by atoms with van der Waals surface area (Å²) < 4.78 is 7.60. The number of carbonyl (C=O) groups excluding carboxylic acids is 1. The monoisotopic (exact) mass is 272 g/mol. The fraction of sp³-hybridized carbons (Fsp3) is 0.357. The second-order valence-corrected chi connectivity index (χ2v) is 4.83. The van der Waals surface area contributed by atoms with Gasteiger partial charge in [0.05, 0.1) is 37.2 Å². The molecular weight excluding hydrogens is 256 g/mol. The molecule has 0 fully saturated rings. The number of methoxy groups -OCH3 is 1. The fourth-order valence-corrected chi connectivity index (χ4v) is 2.46. The summed E-state index contributed by atoms with van der Waals surface area (Å²) in [5.74, 6) is -0.0448. The minimum Gasteiger partial charge on any atom is -0.378 e. The first-order chi connectivity index (χ1) is 9.78. The van der Waals surface area contributed by atoms with Gasteiger partial charge in [0.2, 0.25) is 0 Å². The Morgan fingerprint density at radius 1 is 1.35 bits per heavy atom. The SMILES string of the molecule is CO[C@H]1CN(C(=O)c2ccnnc2)Cc2cccn2C1. The molecule has 0 saturated carbocycles. The van der Waals surface area contributed by atoms with Crippen molar-refractivity contribution in [3.8, 4) is 0 Å². The maximum absolute atomic E-state index is 12.5. The lowest BCUT2D eigenvalue weighted by Gasteiger charge is -2.23. The van der Waals surface area contributed by atoms with E-state index in [0.717, 1.165) is 12.2 Å². The zero-order valence-corrected chi connectivity index (χ0v) is 11.3. The predicted octanol–water partition coefficient (Wildman–Crippen LogP) is 0.949. The third-order valence-corrected chi connectivity index (χ3v) is 3.55. The van der Waals surface area contributed by atoms with E-state index >= 15 is 0 Å². The normalized spacial score (nSPS) is 18.4. The molecule has 0 bridgehead atoms. The Bertz CT molecular complexity index is 596. The minimum atomic E-state index is -0.0448. The fourth-order valence-electron chi connectivity index (χ4n) is 2.46. The smallest absolute Gasteiger partial charge is 0.255 e. The topological polar surface area (TPSA) is 60.2 Å². The summed E-state index contributed by atoms with van der Waals surface area (Å²) in [7, 11) is 1.68. The molecule has 0 N–H and O–H groups in total. The summed E-state index contributed by atoms with van der Waals surface area (Å²) in [5.41, 5.74) is 1.66. The van der Waals surface area contributed by atoms with Crippen molar-refractivity contribution < 1.29 is 9.53 Å². The van der Waals surface area contributed by atoms with Gasteiger partial charge in [-0.15, -0.1) is 0 Å². The van der Waals surface area contributed by atoms with Crippen molar-refractivity contribution >= 4 is 5.91 Å². The van der Waals surface area contributed by atoms with Crippen LogP contribution in [0.3, 0.4) is 0 Å². The molecule has 1 aliphatic rings. The molecular formula is C14H16N4O2. The van der Waals surface area contributed by atoms with E-state index < -0.39 is 0 Å². The van der Waals surface area contributed by atoms with Crippen molar-refractivity contribution in [1.29, 1.82) is 0 Å². The average molecular weight is 272 g/mol. The Morgan fingerprint density at radius 3 is 3.00 bits per heavy atom. The van der Waals surface area contributed by atoms with Crippen LogP contribution in [0.4, 0.5) is 0 Å². The van der Waals surface area contributed by atoms with Crippen LogP contribution in [0.25, 0.3) is 0 Å². The van der Waals surface area contributed by atoms with Crippen LogP contribution >= 0.6 is 0 Å². The maximum Gasteiger partial charge on any atom is 0.255 e. The van der Waals surface area contributed by atoms with E-state index in [1.807, 2.05) is 18.3 Å². The van der Waals surface area contributed by atoms with Gasteiger partial charge >= 0.3 is 0 Å². The molecule has 0 aliphatic carbocycles. The molecule has 3 rings (SSSR count). The molecule has 6 nitrogen and oxygen atoms in total. The van der Waals surface area contributed by atoms with E-state index in [-0.39, 0.29) is 12.0 Å². The Kier molecular flexibility index (Phi) is 3.47. The zero-order chi connectivity index (χ0) is 13.9. The van der Waals surface area contributed by atoms with Crippen LogP contribution in [-0.4, -0.2) is 45.3 Å². The first-order valence-electron chi connectivity index (χ1n) is 6.50. The van der Waals surface area contributed by atoms with Gasteiger partial charge in [0.25, 0.3) is 5.91 Å². The van der Waals surface area contributed by atoms with Crippen LogP contribution in [0.1, 0.15) is 16.1 Å². The number of ether oxygens (including phenoxy) is 1. The van der Waals surface area contributed by atoms with Crippen LogP contribution in [0.15, 0.2) is 36.8 Å². The van der Waals surface area contributed by atoms with Gasteiger partial charge in [-0.2, -0.15) is 10.2 Å². The number of hydrogen-bond donors (Lipinski definition) is 0. The lowest BCUT2D eigenvalue weighted by atomic mass is 10.2. The van der Waals surface area contributed by atoms with Crippen LogP contribution in [0, 0.1) is 0 Å². The summed E-state index contributed by atoms with van der Waals surface area (Å²) >= 11 is 0. The zero-order valence-electron chi connectivity index (χ0n) is 11.3. The predicted molar refractivity (Wildman–Crippen MR) is 72.0 cm³/mol. The maximum atomic E-state index is 12.5. The highest BCUT2D eigenvalue weighted by atomic mass is 16.5. The molecule has 0 spiro atoms. The van der Waals surface area contributed by atoms with Crippen LogP contribution in [0.2, 0.25) is 0 Å². The van der Waals surface area contributed by atoms with Gasteiger partial charge in [0.1, 0.15) is 0 Å². The molecule has 1 amide bonds. The van der Waals surface area contributed by atoms with Gasteiger partial charge in [-0.25, -0.2) is 0 Å². The number of fused-ring (bicyclic) bond motifs is 1. The van der Waals surface area contributed by atoms with Gasteiger partial charge in [-0.1, -0.05) is 0 Å². The molecule has 1 atom stereocenters. The molecule has 2 aromatic heterocycles. The first-order valence-corrected chi connectivity index (χ1v) is 6.50. The highest BCUT2D eigenvalue weighted by Crippen LogP contribution is 2.17. The third kappa shape index (κ3) is 2.42. The highest BCUT2D eigenvalue weighted by Gasteiger charge is 2.25. The van der Waals surface area contributed by atoms with E-state index in [1.54, 1.807) is 18.1 Å². The lowest BCUT2D eigenvalue weighted by Crippen LogP contribution is -2.36. The van der Waals surface area contributed by atoms with Crippen LogP contribution in [0.5, 0.6) is 0 Å². The molecule has 3 heterocycles. The summed E-state index contributed by atoms with van der Waals surface area (Å²) in [5, 5.41) is 7.46. The van der Waals surface area contributed by atoms with Gasteiger partial charge in [0.15, 0.2) is 0 Å². The average Bonchev–Trinajstić information content (AvgIpc) is 2.85. The van der Waals surface area contributed by atoms with E-state index in [2.05, 4.69) is 14.8 Å². The summed E-state index contributed by atoms with van der Waals surface area (Å²) in [4.78, 5) is 14.3. The van der Waals surface area contributed by atoms with E-state index in [9.17, 15) is 4.79 Å². The second-order valence-electron chi connectivity index (χ2n) is 4.83. The third-order valence-electron chi connectivity index (χ3n) is 3.55. The number of aromatic nitrogens is 3. The van der Waals surface area contributed by atoms with Crippen molar-refractivity contribution in [3.05, 3.63) is 48.0 Å². The van der Waals surface area contributed by atoms with Gasteiger partial charge in [-0.05, 0) is 18.2 Å². The summed E-state index contributed by atoms with van der Waals surface area (Å²) in [6.07, 6.45) is 5.03. The molecule has 1 aliphatic heterocycles. The molecule has 20 heavy (non-hydrogen) atoms. The van der Waals surface area contributed by atoms with Crippen molar-refractivity contribution in [2.45, 2.75) is 19.2 Å². The number of nitrogens with zero attached hydrogens (tertiary/aromatic N) is 4. The van der Waals surface area contributed by atoms with E-state index in [4.69, 9.17) is 4.74 Å². The molecule has 2 aromatic rings. The van der Waals surface area contributed by atoms with E-state index in [0.29, 0.717) is 18.7 Å². The molecule has 104 valence electrons. The standard InChI is InChI=1S/C14H16N4O2/c1-20-13-9-17-6-2-3-12(17)8-18(10-13)14(19)11-4-5-15-16-7-11/h2-7,13H,8-10H2,1H3/t13-/m1/s1. The molecule has 6 heteroatoms. The Balaban J connectivity index is 1.87. The van der Waals surface area contributed by atoms with Gasteiger partial charge in [0, 0.05) is 25.5 Å². The largest absolute Gasteiger partial charge is 0.378 e. The summed E-state index contributed by atoms with van der Waals surface area (Å²) in [6, 6.07) is 5.70. The Morgan fingerprint density at radius 2 is 2.25 bits per heavy atom. The number of carbonyl (C=O) groups is 1. The quantitative estimate of drug-likeness (QED) is 0.816. The summed E-state index contributed by atoms with van der Waals surface area (Å²) in [6.45, 7) is 1.91. The first kappa shape index (κ1) is 12.8. The molecule has 0 radical (unpaired) electrons. The van der Waals surface area contributed by atoms with Crippen molar-refractivity contribution in [2.75, 3.05) is 13.7 Å². The molecule has 0 unspecified atom stereocenters. The van der Waals surface area contributed by atoms with Crippen LogP contribution < -0.4 is 0 Å².